The first kappa shape index (κ1) is 13.5. The highest BCUT2D eigenvalue weighted by molar-refractivity contribution is 5.92. The van der Waals surface area contributed by atoms with Crippen molar-refractivity contribution < 1.29 is 9.53 Å². The van der Waals surface area contributed by atoms with E-state index in [2.05, 4.69) is 5.32 Å². The van der Waals surface area contributed by atoms with E-state index in [0.717, 1.165) is 16.8 Å². The van der Waals surface area contributed by atoms with Crippen LogP contribution in [0.25, 0.3) is 0 Å². The van der Waals surface area contributed by atoms with Crippen molar-refractivity contribution in [2.24, 2.45) is 0 Å². The van der Waals surface area contributed by atoms with Gasteiger partial charge >= 0.3 is 0 Å². The molecule has 1 aromatic rings. The van der Waals surface area contributed by atoms with Gasteiger partial charge in [0.15, 0.2) is 0 Å². The molecular formula is C13H20N2O2. The highest BCUT2D eigenvalue weighted by Crippen LogP contribution is 2.23. The van der Waals surface area contributed by atoms with Crippen LogP contribution < -0.4 is 11.1 Å². The molecular weight excluding hydrogens is 216 g/mol. The van der Waals surface area contributed by atoms with E-state index in [1.54, 1.807) is 0 Å². The van der Waals surface area contributed by atoms with Gasteiger partial charge in [-0.25, -0.2) is 0 Å². The lowest BCUT2D eigenvalue weighted by molar-refractivity contribution is -0.117. The second-order valence-electron chi connectivity index (χ2n) is 4.02. The Bertz CT molecular complexity index is 379. The summed E-state index contributed by atoms with van der Waals surface area (Å²) in [6.45, 7) is 6.86. The SMILES string of the molecule is CCOCCC(=O)Nc1c(C)cc(N)cc1C. The van der Waals surface area contributed by atoms with Crippen molar-refractivity contribution in [2.45, 2.75) is 27.2 Å². The van der Waals surface area contributed by atoms with Crippen LogP contribution in [0.15, 0.2) is 12.1 Å². The third-order valence-corrected chi connectivity index (χ3v) is 2.50. The minimum atomic E-state index is -0.0329. The smallest absolute Gasteiger partial charge is 0.226 e. The van der Waals surface area contributed by atoms with Crippen molar-refractivity contribution in [2.75, 3.05) is 24.3 Å². The first-order chi connectivity index (χ1) is 8.04. The molecule has 0 heterocycles. The van der Waals surface area contributed by atoms with Gasteiger partial charge < -0.3 is 15.8 Å². The number of amides is 1. The average molecular weight is 236 g/mol. The summed E-state index contributed by atoms with van der Waals surface area (Å²) in [6, 6.07) is 3.70. The summed E-state index contributed by atoms with van der Waals surface area (Å²) in [5, 5.41) is 2.89. The lowest BCUT2D eigenvalue weighted by atomic mass is 10.1. The number of benzene rings is 1. The molecule has 17 heavy (non-hydrogen) atoms. The zero-order valence-corrected chi connectivity index (χ0v) is 10.7. The number of hydrogen-bond acceptors (Lipinski definition) is 3. The molecule has 0 unspecified atom stereocenters. The molecule has 0 saturated heterocycles. The molecule has 0 aromatic heterocycles. The predicted octanol–water partition coefficient (Wildman–Crippen LogP) is 2.25. The third-order valence-electron chi connectivity index (χ3n) is 2.50. The lowest BCUT2D eigenvalue weighted by Crippen LogP contribution is -2.15. The van der Waals surface area contributed by atoms with E-state index in [1.807, 2.05) is 32.9 Å². The monoisotopic (exact) mass is 236 g/mol. The van der Waals surface area contributed by atoms with Crippen LogP contribution in [-0.2, 0) is 9.53 Å². The fraction of sp³-hybridized carbons (Fsp3) is 0.462. The molecule has 1 rings (SSSR count). The van der Waals surface area contributed by atoms with E-state index in [9.17, 15) is 4.79 Å². The maximum Gasteiger partial charge on any atom is 0.226 e. The zero-order valence-electron chi connectivity index (χ0n) is 10.7. The lowest BCUT2D eigenvalue weighted by Gasteiger charge is -2.12. The molecule has 0 radical (unpaired) electrons. The van der Waals surface area contributed by atoms with E-state index in [0.29, 0.717) is 25.3 Å². The van der Waals surface area contributed by atoms with E-state index in [4.69, 9.17) is 10.5 Å². The Hall–Kier alpha value is -1.55. The largest absolute Gasteiger partial charge is 0.399 e. The maximum absolute atomic E-state index is 11.7. The fourth-order valence-electron chi connectivity index (χ4n) is 1.71. The average Bonchev–Trinajstić information content (AvgIpc) is 2.24. The molecule has 0 atom stereocenters. The normalized spacial score (nSPS) is 10.3. The topological polar surface area (TPSA) is 64.3 Å². The molecule has 4 heteroatoms. The van der Waals surface area contributed by atoms with Crippen molar-refractivity contribution in [1.82, 2.24) is 0 Å². The summed E-state index contributed by atoms with van der Waals surface area (Å²) in [5.41, 5.74) is 9.25. The minimum Gasteiger partial charge on any atom is -0.399 e. The Morgan fingerprint density at radius 2 is 1.94 bits per heavy atom. The van der Waals surface area contributed by atoms with Crippen LogP contribution in [0.3, 0.4) is 0 Å². The summed E-state index contributed by atoms with van der Waals surface area (Å²) in [5.74, 6) is -0.0329. The van der Waals surface area contributed by atoms with Gasteiger partial charge in [-0.2, -0.15) is 0 Å². The Morgan fingerprint density at radius 1 is 1.35 bits per heavy atom. The zero-order chi connectivity index (χ0) is 12.8. The van der Waals surface area contributed by atoms with Crippen LogP contribution in [0.4, 0.5) is 11.4 Å². The van der Waals surface area contributed by atoms with Gasteiger partial charge in [0.05, 0.1) is 13.0 Å². The maximum atomic E-state index is 11.7. The van der Waals surface area contributed by atoms with Crippen LogP contribution in [0.5, 0.6) is 0 Å². The van der Waals surface area contributed by atoms with E-state index in [-0.39, 0.29) is 5.91 Å². The molecule has 3 N–H and O–H groups in total. The molecule has 0 aliphatic heterocycles. The van der Waals surface area contributed by atoms with Gasteiger partial charge in [0.25, 0.3) is 0 Å². The third kappa shape index (κ3) is 4.07. The molecule has 0 bridgehead atoms. The van der Waals surface area contributed by atoms with Crippen LogP contribution >= 0.6 is 0 Å². The number of rotatable bonds is 5. The second-order valence-corrected chi connectivity index (χ2v) is 4.02. The molecule has 1 amide bonds. The quantitative estimate of drug-likeness (QED) is 0.608. The molecule has 0 fully saturated rings. The molecule has 0 aliphatic rings. The first-order valence-corrected chi connectivity index (χ1v) is 5.79. The number of nitrogen functional groups attached to an aromatic ring is 1. The second kappa shape index (κ2) is 6.25. The number of carbonyl (C=O) groups is 1. The minimum absolute atomic E-state index is 0.0329. The Balaban J connectivity index is 2.65. The number of anilines is 2. The van der Waals surface area contributed by atoms with Crippen LogP contribution in [-0.4, -0.2) is 19.1 Å². The van der Waals surface area contributed by atoms with Crippen molar-refractivity contribution in [3.8, 4) is 0 Å². The molecule has 4 nitrogen and oxygen atoms in total. The van der Waals surface area contributed by atoms with Gasteiger partial charge in [0.1, 0.15) is 0 Å². The van der Waals surface area contributed by atoms with E-state index >= 15 is 0 Å². The number of hydrogen-bond donors (Lipinski definition) is 2. The summed E-state index contributed by atoms with van der Waals surface area (Å²) < 4.78 is 5.14. The van der Waals surface area contributed by atoms with Gasteiger partial charge in [-0.1, -0.05) is 0 Å². The Kier molecular flexibility index (Phi) is 4.97. The highest BCUT2D eigenvalue weighted by Gasteiger charge is 2.08. The van der Waals surface area contributed by atoms with Gasteiger partial charge in [-0.15, -0.1) is 0 Å². The van der Waals surface area contributed by atoms with E-state index in [1.165, 1.54) is 0 Å². The Labute approximate surface area is 102 Å². The number of aryl methyl sites for hydroxylation is 2. The molecule has 0 saturated carbocycles. The van der Waals surface area contributed by atoms with Gasteiger partial charge in [0, 0.05) is 18.0 Å². The van der Waals surface area contributed by atoms with Crippen molar-refractivity contribution in [3.63, 3.8) is 0 Å². The van der Waals surface area contributed by atoms with Gasteiger partial charge in [0.2, 0.25) is 5.91 Å². The number of nitrogens with two attached hydrogens (primary N) is 1. The number of ether oxygens (including phenoxy) is 1. The highest BCUT2D eigenvalue weighted by atomic mass is 16.5. The van der Waals surface area contributed by atoms with Gasteiger partial charge in [-0.05, 0) is 44.0 Å². The van der Waals surface area contributed by atoms with Gasteiger partial charge in [-0.3, -0.25) is 4.79 Å². The standard InChI is InChI=1S/C13H20N2O2/c1-4-17-6-5-12(16)15-13-9(2)7-11(14)8-10(13)3/h7-8H,4-6,14H2,1-3H3,(H,15,16). The number of nitrogens with one attached hydrogen (secondary N) is 1. The first-order valence-electron chi connectivity index (χ1n) is 5.79. The molecule has 1 aromatic carbocycles. The van der Waals surface area contributed by atoms with Crippen molar-refractivity contribution >= 4 is 17.3 Å². The van der Waals surface area contributed by atoms with Crippen LogP contribution in [0.1, 0.15) is 24.5 Å². The Morgan fingerprint density at radius 3 is 2.47 bits per heavy atom. The summed E-state index contributed by atoms with van der Waals surface area (Å²) in [6.07, 6.45) is 0.372. The van der Waals surface area contributed by atoms with E-state index < -0.39 is 0 Å². The van der Waals surface area contributed by atoms with Crippen LogP contribution in [0.2, 0.25) is 0 Å². The van der Waals surface area contributed by atoms with Crippen LogP contribution in [0, 0.1) is 13.8 Å². The molecule has 0 spiro atoms. The predicted molar refractivity (Wildman–Crippen MR) is 70.1 cm³/mol. The molecule has 94 valence electrons. The number of carbonyl (C=O) groups excluding carboxylic acids is 1. The van der Waals surface area contributed by atoms with Crippen molar-refractivity contribution in [1.29, 1.82) is 0 Å². The fourth-order valence-corrected chi connectivity index (χ4v) is 1.71. The molecule has 0 aliphatic carbocycles. The van der Waals surface area contributed by atoms with Crippen molar-refractivity contribution in [3.05, 3.63) is 23.3 Å². The summed E-state index contributed by atoms with van der Waals surface area (Å²) in [7, 11) is 0. The summed E-state index contributed by atoms with van der Waals surface area (Å²) in [4.78, 5) is 11.7. The summed E-state index contributed by atoms with van der Waals surface area (Å²) >= 11 is 0.